The molecule has 0 saturated carbocycles. The van der Waals surface area contributed by atoms with Gasteiger partial charge in [0.1, 0.15) is 6.07 Å². The van der Waals surface area contributed by atoms with Gasteiger partial charge in [-0.1, -0.05) is 17.7 Å². The van der Waals surface area contributed by atoms with Gasteiger partial charge in [0.2, 0.25) is 0 Å². The zero-order valence-electron chi connectivity index (χ0n) is 10.9. The molecule has 0 bridgehead atoms. The zero-order valence-corrected chi connectivity index (χ0v) is 11.7. The fraction of sp³-hybridized carbons (Fsp3) is 0.188. The first-order valence-corrected chi connectivity index (χ1v) is 6.87. The first-order valence-electron chi connectivity index (χ1n) is 6.49. The van der Waals surface area contributed by atoms with Crippen LogP contribution >= 0.6 is 11.6 Å². The van der Waals surface area contributed by atoms with Crippen molar-refractivity contribution in [1.29, 1.82) is 5.26 Å². The van der Waals surface area contributed by atoms with E-state index in [1.807, 2.05) is 24.3 Å². The second-order valence-electron chi connectivity index (χ2n) is 4.98. The molecule has 4 heteroatoms. The van der Waals surface area contributed by atoms with Crippen molar-refractivity contribution in [3.05, 3.63) is 58.1 Å². The van der Waals surface area contributed by atoms with Crippen molar-refractivity contribution in [2.24, 2.45) is 0 Å². The van der Waals surface area contributed by atoms with E-state index in [2.05, 4.69) is 17.0 Å². The van der Waals surface area contributed by atoms with E-state index >= 15 is 0 Å². The number of nitrogens with two attached hydrogens (primary N) is 1. The van der Waals surface area contributed by atoms with Gasteiger partial charge < -0.3 is 10.6 Å². The number of benzene rings is 2. The number of nitrogen functional groups attached to an aromatic ring is 1. The van der Waals surface area contributed by atoms with Crippen LogP contribution in [0.1, 0.15) is 16.7 Å². The highest BCUT2D eigenvalue weighted by molar-refractivity contribution is 6.32. The lowest BCUT2D eigenvalue weighted by Crippen LogP contribution is -2.30. The van der Waals surface area contributed by atoms with Crippen LogP contribution in [-0.2, 0) is 13.0 Å². The maximum Gasteiger partial charge on any atom is 0.101 e. The molecule has 0 aromatic heterocycles. The van der Waals surface area contributed by atoms with Crippen molar-refractivity contribution in [2.75, 3.05) is 17.2 Å². The van der Waals surface area contributed by atoms with Gasteiger partial charge >= 0.3 is 0 Å². The lowest BCUT2D eigenvalue weighted by molar-refractivity contribution is 0.732. The SMILES string of the molecule is N#Cc1ccc(N2CCc3ccc(N)cc3C2)cc1Cl. The van der Waals surface area contributed by atoms with Crippen molar-refractivity contribution in [1.82, 2.24) is 0 Å². The van der Waals surface area contributed by atoms with Crippen LogP contribution in [0.3, 0.4) is 0 Å². The van der Waals surface area contributed by atoms with E-state index in [1.165, 1.54) is 11.1 Å². The van der Waals surface area contributed by atoms with Crippen molar-refractivity contribution in [3.63, 3.8) is 0 Å². The summed E-state index contributed by atoms with van der Waals surface area (Å²) in [5.74, 6) is 0. The molecule has 0 radical (unpaired) electrons. The standard InChI is InChI=1S/C16H14ClN3/c17-16-8-15(4-2-12(16)9-18)20-6-5-11-1-3-14(19)7-13(11)10-20/h1-4,7-8H,5-6,10,19H2. The Morgan fingerprint density at radius 1 is 1.15 bits per heavy atom. The minimum absolute atomic E-state index is 0.503. The molecule has 0 aliphatic carbocycles. The lowest BCUT2D eigenvalue weighted by atomic mass is 9.98. The zero-order chi connectivity index (χ0) is 14.1. The number of anilines is 2. The van der Waals surface area contributed by atoms with Crippen molar-refractivity contribution >= 4 is 23.0 Å². The predicted octanol–water partition coefficient (Wildman–Crippen LogP) is 3.36. The molecule has 1 aliphatic heterocycles. The summed E-state index contributed by atoms with van der Waals surface area (Å²) < 4.78 is 0. The molecule has 0 spiro atoms. The highest BCUT2D eigenvalue weighted by Gasteiger charge is 2.17. The molecule has 2 aromatic carbocycles. The maximum absolute atomic E-state index is 8.92. The highest BCUT2D eigenvalue weighted by atomic mass is 35.5. The Bertz CT molecular complexity index is 703. The van der Waals surface area contributed by atoms with Crippen LogP contribution in [0.5, 0.6) is 0 Å². The third-order valence-electron chi connectivity index (χ3n) is 3.68. The predicted molar refractivity (Wildman–Crippen MR) is 81.8 cm³/mol. The number of halogens is 1. The fourth-order valence-corrected chi connectivity index (χ4v) is 2.81. The van der Waals surface area contributed by atoms with Gasteiger partial charge in [-0.25, -0.2) is 0 Å². The average Bonchev–Trinajstić information content (AvgIpc) is 2.46. The number of hydrogen-bond acceptors (Lipinski definition) is 3. The second kappa shape index (κ2) is 5.07. The molecule has 0 atom stereocenters. The van der Waals surface area contributed by atoms with Gasteiger partial charge in [0.25, 0.3) is 0 Å². The minimum atomic E-state index is 0.503. The van der Waals surface area contributed by atoms with Gasteiger partial charge in [0.05, 0.1) is 10.6 Å². The lowest BCUT2D eigenvalue weighted by Gasteiger charge is -2.31. The van der Waals surface area contributed by atoms with Crippen LogP contribution in [0.4, 0.5) is 11.4 Å². The largest absolute Gasteiger partial charge is 0.399 e. The van der Waals surface area contributed by atoms with E-state index in [0.717, 1.165) is 30.9 Å². The number of nitriles is 1. The second-order valence-corrected chi connectivity index (χ2v) is 5.38. The molecule has 1 heterocycles. The Balaban J connectivity index is 1.90. The Morgan fingerprint density at radius 2 is 2.00 bits per heavy atom. The van der Waals surface area contributed by atoms with Crippen LogP contribution in [0.15, 0.2) is 36.4 Å². The Kier molecular flexibility index (Phi) is 3.25. The van der Waals surface area contributed by atoms with Crippen LogP contribution in [-0.4, -0.2) is 6.54 Å². The first-order chi connectivity index (χ1) is 9.67. The van der Waals surface area contributed by atoms with Crippen LogP contribution in [0, 0.1) is 11.3 Å². The Labute approximate surface area is 123 Å². The number of nitrogens with zero attached hydrogens (tertiary/aromatic N) is 2. The van der Waals surface area contributed by atoms with E-state index in [4.69, 9.17) is 22.6 Å². The van der Waals surface area contributed by atoms with E-state index < -0.39 is 0 Å². The third-order valence-corrected chi connectivity index (χ3v) is 3.99. The van der Waals surface area contributed by atoms with Gasteiger partial charge in [-0.2, -0.15) is 5.26 Å². The van der Waals surface area contributed by atoms with Crippen molar-refractivity contribution in [3.8, 4) is 6.07 Å². The van der Waals surface area contributed by atoms with E-state index in [9.17, 15) is 0 Å². The molecule has 2 N–H and O–H groups in total. The third kappa shape index (κ3) is 2.31. The number of rotatable bonds is 1. The van der Waals surface area contributed by atoms with Crippen molar-refractivity contribution in [2.45, 2.75) is 13.0 Å². The fourth-order valence-electron chi connectivity index (χ4n) is 2.59. The molecule has 0 unspecified atom stereocenters. The Morgan fingerprint density at radius 3 is 2.75 bits per heavy atom. The topological polar surface area (TPSA) is 53.0 Å². The average molecular weight is 284 g/mol. The summed E-state index contributed by atoms with van der Waals surface area (Å²) in [6.07, 6.45) is 0.993. The highest BCUT2D eigenvalue weighted by Crippen LogP contribution is 2.28. The molecule has 0 saturated heterocycles. The summed E-state index contributed by atoms with van der Waals surface area (Å²) in [5, 5.41) is 9.42. The van der Waals surface area contributed by atoms with Crippen LogP contribution < -0.4 is 10.6 Å². The quantitative estimate of drug-likeness (QED) is 0.817. The number of fused-ring (bicyclic) bond motifs is 1. The molecular weight excluding hydrogens is 270 g/mol. The minimum Gasteiger partial charge on any atom is -0.399 e. The van der Waals surface area contributed by atoms with Gasteiger partial charge in [-0.05, 0) is 47.9 Å². The van der Waals surface area contributed by atoms with E-state index in [1.54, 1.807) is 6.07 Å². The monoisotopic (exact) mass is 283 g/mol. The summed E-state index contributed by atoms with van der Waals surface area (Å²) >= 11 is 6.11. The molecule has 20 heavy (non-hydrogen) atoms. The summed E-state index contributed by atoms with van der Waals surface area (Å²) in [6, 6.07) is 13.7. The van der Waals surface area contributed by atoms with Gasteiger partial charge in [0, 0.05) is 24.5 Å². The number of hydrogen-bond donors (Lipinski definition) is 1. The van der Waals surface area contributed by atoms with E-state index in [-0.39, 0.29) is 0 Å². The maximum atomic E-state index is 8.92. The van der Waals surface area contributed by atoms with Gasteiger partial charge in [0.15, 0.2) is 0 Å². The molecule has 1 aliphatic rings. The summed E-state index contributed by atoms with van der Waals surface area (Å²) in [5.41, 5.74) is 10.8. The smallest absolute Gasteiger partial charge is 0.101 e. The van der Waals surface area contributed by atoms with Crippen molar-refractivity contribution < 1.29 is 0 Å². The Hall–Kier alpha value is -2.18. The molecule has 3 rings (SSSR count). The summed E-state index contributed by atoms with van der Waals surface area (Å²) in [7, 11) is 0. The molecule has 3 nitrogen and oxygen atoms in total. The van der Waals surface area contributed by atoms with Crippen LogP contribution in [0.2, 0.25) is 5.02 Å². The molecular formula is C16H14ClN3. The molecule has 100 valence electrons. The molecule has 0 fully saturated rings. The first kappa shape index (κ1) is 12.8. The summed E-state index contributed by atoms with van der Waals surface area (Å²) in [6.45, 7) is 1.77. The molecule has 0 amide bonds. The normalized spacial score (nSPS) is 13.7. The summed E-state index contributed by atoms with van der Waals surface area (Å²) in [4.78, 5) is 2.26. The van der Waals surface area contributed by atoms with Gasteiger partial charge in [-0.15, -0.1) is 0 Å². The van der Waals surface area contributed by atoms with E-state index in [0.29, 0.717) is 10.6 Å². The van der Waals surface area contributed by atoms with Gasteiger partial charge in [-0.3, -0.25) is 0 Å². The van der Waals surface area contributed by atoms with Crippen LogP contribution in [0.25, 0.3) is 0 Å². The molecule has 2 aromatic rings.